The predicted molar refractivity (Wildman–Crippen MR) is 90.6 cm³/mol. The van der Waals surface area contributed by atoms with Gasteiger partial charge in [0.1, 0.15) is 0 Å². The van der Waals surface area contributed by atoms with Gasteiger partial charge in [0.15, 0.2) is 0 Å². The molecule has 0 aromatic heterocycles. The van der Waals surface area contributed by atoms with Crippen LogP contribution in [0, 0.1) is 0 Å². The molecule has 0 amide bonds. The number of hydrogen-bond acceptors (Lipinski definition) is 1. The maximum absolute atomic E-state index is 5.87. The van der Waals surface area contributed by atoms with Crippen molar-refractivity contribution in [3.05, 3.63) is 34.9 Å². The van der Waals surface area contributed by atoms with E-state index in [-0.39, 0.29) is 0 Å². The summed E-state index contributed by atoms with van der Waals surface area (Å²) in [5.74, 6) is 0. The standard InChI is InChI=1S/C18H30ClN/c1-2-3-4-5-6-7-8-9-15-20-16-14-17-10-12-18(19)13-11-17/h10-13,20H,2-9,14-16H2,1H3. The van der Waals surface area contributed by atoms with Gasteiger partial charge in [-0.25, -0.2) is 0 Å². The van der Waals surface area contributed by atoms with E-state index >= 15 is 0 Å². The summed E-state index contributed by atoms with van der Waals surface area (Å²) < 4.78 is 0. The molecule has 0 fully saturated rings. The van der Waals surface area contributed by atoms with Crippen LogP contribution in [0.4, 0.5) is 0 Å². The Kier molecular flexibility index (Phi) is 10.7. The van der Waals surface area contributed by atoms with Crippen molar-refractivity contribution in [1.29, 1.82) is 0 Å². The van der Waals surface area contributed by atoms with E-state index in [1.165, 1.54) is 56.9 Å². The van der Waals surface area contributed by atoms with Gasteiger partial charge in [0.2, 0.25) is 0 Å². The summed E-state index contributed by atoms with van der Waals surface area (Å²) in [4.78, 5) is 0. The smallest absolute Gasteiger partial charge is 0.0406 e. The van der Waals surface area contributed by atoms with Gasteiger partial charge in [0, 0.05) is 5.02 Å². The van der Waals surface area contributed by atoms with Gasteiger partial charge >= 0.3 is 0 Å². The van der Waals surface area contributed by atoms with Crippen LogP contribution in [0.1, 0.15) is 63.9 Å². The van der Waals surface area contributed by atoms with Crippen LogP contribution in [0.25, 0.3) is 0 Å². The Bertz CT molecular complexity index is 321. The van der Waals surface area contributed by atoms with Crippen molar-refractivity contribution in [2.75, 3.05) is 13.1 Å². The fourth-order valence-corrected chi connectivity index (χ4v) is 2.52. The van der Waals surface area contributed by atoms with Gasteiger partial charge in [0.05, 0.1) is 0 Å². The Morgan fingerprint density at radius 3 is 2.05 bits per heavy atom. The van der Waals surface area contributed by atoms with Gasteiger partial charge in [0.25, 0.3) is 0 Å². The summed E-state index contributed by atoms with van der Waals surface area (Å²) in [6.45, 7) is 4.50. The molecule has 0 aliphatic heterocycles. The second-order valence-electron chi connectivity index (χ2n) is 5.60. The first kappa shape index (κ1) is 17.5. The van der Waals surface area contributed by atoms with Crippen LogP contribution in [-0.2, 0) is 6.42 Å². The lowest BCUT2D eigenvalue weighted by Crippen LogP contribution is -2.18. The fourth-order valence-electron chi connectivity index (χ4n) is 2.39. The maximum Gasteiger partial charge on any atom is 0.0406 e. The second kappa shape index (κ2) is 12.2. The van der Waals surface area contributed by atoms with Gasteiger partial charge in [-0.15, -0.1) is 0 Å². The van der Waals surface area contributed by atoms with E-state index in [0.29, 0.717) is 0 Å². The van der Waals surface area contributed by atoms with Crippen molar-refractivity contribution >= 4 is 11.6 Å². The quantitative estimate of drug-likeness (QED) is 0.494. The van der Waals surface area contributed by atoms with Crippen LogP contribution in [0.15, 0.2) is 24.3 Å². The van der Waals surface area contributed by atoms with Gasteiger partial charge in [-0.1, -0.05) is 75.6 Å². The zero-order chi connectivity index (χ0) is 14.5. The maximum atomic E-state index is 5.87. The molecule has 1 nitrogen and oxygen atoms in total. The average molecular weight is 296 g/mol. The molecule has 0 saturated carbocycles. The fraction of sp³-hybridized carbons (Fsp3) is 0.667. The zero-order valence-corrected chi connectivity index (χ0v) is 13.7. The Morgan fingerprint density at radius 1 is 0.800 bits per heavy atom. The Labute approximate surface area is 130 Å². The molecule has 0 spiro atoms. The molecule has 0 radical (unpaired) electrons. The van der Waals surface area contributed by atoms with Gasteiger partial charge in [-0.3, -0.25) is 0 Å². The van der Waals surface area contributed by atoms with Crippen molar-refractivity contribution in [2.45, 2.75) is 64.7 Å². The number of unbranched alkanes of at least 4 members (excludes halogenated alkanes) is 7. The van der Waals surface area contributed by atoms with E-state index in [0.717, 1.165) is 24.5 Å². The number of nitrogens with one attached hydrogen (secondary N) is 1. The Hall–Kier alpha value is -0.530. The summed E-state index contributed by atoms with van der Waals surface area (Å²) >= 11 is 5.87. The first-order valence-electron chi connectivity index (χ1n) is 8.28. The van der Waals surface area contributed by atoms with Crippen molar-refractivity contribution in [2.24, 2.45) is 0 Å². The molecule has 1 rings (SSSR count). The molecule has 114 valence electrons. The molecule has 0 aliphatic carbocycles. The Morgan fingerprint density at radius 2 is 1.40 bits per heavy atom. The van der Waals surface area contributed by atoms with Gasteiger partial charge in [-0.2, -0.15) is 0 Å². The van der Waals surface area contributed by atoms with Crippen LogP contribution in [0.2, 0.25) is 5.02 Å². The van der Waals surface area contributed by atoms with Crippen LogP contribution >= 0.6 is 11.6 Å². The topological polar surface area (TPSA) is 12.0 Å². The minimum atomic E-state index is 0.820. The largest absolute Gasteiger partial charge is 0.316 e. The van der Waals surface area contributed by atoms with E-state index in [9.17, 15) is 0 Å². The third-order valence-corrected chi connectivity index (χ3v) is 3.96. The molecule has 2 heteroatoms. The molecule has 0 bridgehead atoms. The van der Waals surface area contributed by atoms with Crippen molar-refractivity contribution in [3.8, 4) is 0 Å². The molecule has 0 aliphatic rings. The lowest BCUT2D eigenvalue weighted by Gasteiger charge is -2.05. The van der Waals surface area contributed by atoms with Crippen molar-refractivity contribution in [3.63, 3.8) is 0 Å². The van der Waals surface area contributed by atoms with E-state index < -0.39 is 0 Å². The molecule has 0 heterocycles. The van der Waals surface area contributed by atoms with Gasteiger partial charge in [-0.05, 0) is 43.6 Å². The van der Waals surface area contributed by atoms with Crippen LogP contribution in [0.5, 0.6) is 0 Å². The number of rotatable bonds is 12. The van der Waals surface area contributed by atoms with E-state index in [1.807, 2.05) is 12.1 Å². The summed E-state index contributed by atoms with van der Waals surface area (Å²) in [7, 11) is 0. The molecule has 0 unspecified atom stereocenters. The first-order valence-corrected chi connectivity index (χ1v) is 8.66. The van der Waals surface area contributed by atoms with Crippen molar-refractivity contribution < 1.29 is 0 Å². The lowest BCUT2D eigenvalue weighted by atomic mass is 10.1. The Balaban J connectivity index is 1.84. The third-order valence-electron chi connectivity index (χ3n) is 3.71. The monoisotopic (exact) mass is 295 g/mol. The zero-order valence-electron chi connectivity index (χ0n) is 13.0. The molecule has 0 saturated heterocycles. The summed E-state index contributed by atoms with van der Waals surface area (Å²) in [6.07, 6.45) is 12.2. The highest BCUT2D eigenvalue weighted by Gasteiger charge is 1.94. The van der Waals surface area contributed by atoms with Crippen LogP contribution in [-0.4, -0.2) is 13.1 Å². The highest BCUT2D eigenvalue weighted by atomic mass is 35.5. The number of halogens is 1. The molecular weight excluding hydrogens is 266 g/mol. The predicted octanol–water partition coefficient (Wildman–Crippen LogP) is 5.61. The molecule has 1 aromatic rings. The van der Waals surface area contributed by atoms with Crippen molar-refractivity contribution in [1.82, 2.24) is 5.32 Å². The summed E-state index contributed by atoms with van der Waals surface area (Å²) in [5.41, 5.74) is 1.36. The lowest BCUT2D eigenvalue weighted by molar-refractivity contribution is 0.556. The third kappa shape index (κ3) is 9.39. The first-order chi connectivity index (χ1) is 9.83. The minimum Gasteiger partial charge on any atom is -0.316 e. The summed E-state index contributed by atoms with van der Waals surface area (Å²) in [6, 6.07) is 8.16. The molecule has 0 atom stereocenters. The SMILES string of the molecule is CCCCCCCCCCNCCc1ccc(Cl)cc1. The molecule has 20 heavy (non-hydrogen) atoms. The molecule has 1 N–H and O–H groups in total. The minimum absolute atomic E-state index is 0.820. The highest BCUT2D eigenvalue weighted by molar-refractivity contribution is 6.30. The number of hydrogen-bond donors (Lipinski definition) is 1. The highest BCUT2D eigenvalue weighted by Crippen LogP contribution is 2.10. The van der Waals surface area contributed by atoms with E-state index in [2.05, 4.69) is 24.4 Å². The average Bonchev–Trinajstić information content (AvgIpc) is 2.47. The van der Waals surface area contributed by atoms with E-state index in [4.69, 9.17) is 11.6 Å². The van der Waals surface area contributed by atoms with Gasteiger partial charge < -0.3 is 5.32 Å². The molecule has 1 aromatic carbocycles. The number of benzene rings is 1. The molecular formula is C18H30ClN. The normalized spacial score (nSPS) is 10.9. The van der Waals surface area contributed by atoms with Crippen LogP contribution in [0.3, 0.4) is 0 Å². The summed E-state index contributed by atoms with van der Waals surface area (Å²) in [5, 5.41) is 4.35. The van der Waals surface area contributed by atoms with E-state index in [1.54, 1.807) is 0 Å². The second-order valence-corrected chi connectivity index (χ2v) is 6.04. The van der Waals surface area contributed by atoms with Crippen LogP contribution < -0.4 is 5.32 Å².